The van der Waals surface area contributed by atoms with Crippen molar-refractivity contribution in [1.82, 2.24) is 0 Å². The van der Waals surface area contributed by atoms with Crippen LogP contribution < -0.4 is 4.74 Å². The highest BCUT2D eigenvalue weighted by Gasteiger charge is 2.32. The standard InChI is InChI=1S/C9H6F3NO6/c10-3-1-2-4(13(17)18)7(19-9(11)12)5(3)6(14)8(15)16/h1-2,6,9,14H,(H,15,16). The number of alkyl halides is 2. The van der Waals surface area contributed by atoms with Gasteiger partial charge in [-0.1, -0.05) is 0 Å². The van der Waals surface area contributed by atoms with Gasteiger partial charge in [-0.3, -0.25) is 10.1 Å². The number of aliphatic carboxylic acids is 1. The van der Waals surface area contributed by atoms with Gasteiger partial charge in [-0.25, -0.2) is 9.18 Å². The Hall–Kier alpha value is -2.36. The molecule has 0 aliphatic rings. The zero-order valence-corrected chi connectivity index (χ0v) is 8.92. The fourth-order valence-corrected chi connectivity index (χ4v) is 1.30. The molecular weight excluding hydrogens is 275 g/mol. The Kier molecular flexibility index (Phi) is 4.27. The minimum Gasteiger partial charge on any atom is -0.479 e. The van der Waals surface area contributed by atoms with E-state index in [-0.39, 0.29) is 0 Å². The highest BCUT2D eigenvalue weighted by molar-refractivity contribution is 5.76. The van der Waals surface area contributed by atoms with Gasteiger partial charge in [-0.05, 0) is 6.07 Å². The van der Waals surface area contributed by atoms with E-state index >= 15 is 0 Å². The molecule has 0 saturated heterocycles. The summed E-state index contributed by atoms with van der Waals surface area (Å²) < 4.78 is 41.4. The molecule has 7 nitrogen and oxygen atoms in total. The van der Waals surface area contributed by atoms with E-state index in [0.717, 1.165) is 0 Å². The van der Waals surface area contributed by atoms with Gasteiger partial charge in [0.15, 0.2) is 6.10 Å². The summed E-state index contributed by atoms with van der Waals surface area (Å²) in [5, 5.41) is 28.3. The molecule has 0 spiro atoms. The quantitative estimate of drug-likeness (QED) is 0.624. The van der Waals surface area contributed by atoms with Gasteiger partial charge in [0.1, 0.15) is 5.82 Å². The molecular formula is C9H6F3NO6. The molecule has 1 aromatic rings. The molecule has 104 valence electrons. The number of hydrogen-bond donors (Lipinski definition) is 2. The van der Waals surface area contributed by atoms with E-state index in [1.807, 2.05) is 0 Å². The van der Waals surface area contributed by atoms with E-state index < -0.39 is 46.4 Å². The van der Waals surface area contributed by atoms with Crippen molar-refractivity contribution in [3.63, 3.8) is 0 Å². The minimum atomic E-state index is -3.56. The van der Waals surface area contributed by atoms with Crippen LogP contribution in [-0.2, 0) is 4.79 Å². The first-order chi connectivity index (χ1) is 8.75. The zero-order valence-electron chi connectivity index (χ0n) is 8.92. The predicted molar refractivity (Wildman–Crippen MR) is 52.3 cm³/mol. The van der Waals surface area contributed by atoms with Crippen molar-refractivity contribution in [2.75, 3.05) is 0 Å². The molecule has 1 unspecified atom stereocenters. The van der Waals surface area contributed by atoms with Crippen LogP contribution in [-0.4, -0.2) is 27.7 Å². The minimum absolute atomic E-state index is 0.470. The summed E-state index contributed by atoms with van der Waals surface area (Å²) in [5.41, 5.74) is -2.32. The Bertz CT molecular complexity index is 521. The topological polar surface area (TPSA) is 110 Å². The number of benzene rings is 1. The van der Waals surface area contributed by atoms with Crippen molar-refractivity contribution in [2.24, 2.45) is 0 Å². The average Bonchev–Trinajstić information content (AvgIpc) is 2.27. The number of carbonyl (C=O) groups is 1. The summed E-state index contributed by atoms with van der Waals surface area (Å²) in [6, 6.07) is 0.989. The number of nitro benzene ring substituents is 1. The van der Waals surface area contributed by atoms with E-state index in [1.54, 1.807) is 0 Å². The lowest BCUT2D eigenvalue weighted by Gasteiger charge is -2.13. The van der Waals surface area contributed by atoms with E-state index in [4.69, 9.17) is 5.11 Å². The first-order valence-electron chi connectivity index (χ1n) is 4.58. The van der Waals surface area contributed by atoms with Crippen molar-refractivity contribution in [2.45, 2.75) is 12.7 Å². The molecule has 0 bridgehead atoms. The number of rotatable bonds is 5. The van der Waals surface area contributed by atoms with Crippen LogP contribution in [0, 0.1) is 15.9 Å². The number of carboxylic acid groups (broad SMARTS) is 1. The summed E-state index contributed by atoms with van der Waals surface area (Å²) in [6.07, 6.45) is -2.58. The molecule has 0 aliphatic heterocycles. The zero-order chi connectivity index (χ0) is 14.7. The Morgan fingerprint density at radius 3 is 2.42 bits per heavy atom. The van der Waals surface area contributed by atoms with E-state index in [0.29, 0.717) is 12.1 Å². The molecule has 0 saturated carbocycles. The third-order valence-corrected chi connectivity index (χ3v) is 2.03. The lowest BCUT2D eigenvalue weighted by atomic mass is 10.1. The van der Waals surface area contributed by atoms with Crippen LogP contribution in [0.2, 0.25) is 0 Å². The Balaban J connectivity index is 3.52. The Morgan fingerprint density at radius 2 is 2.00 bits per heavy atom. The molecule has 0 aromatic heterocycles. The van der Waals surface area contributed by atoms with E-state index in [2.05, 4.69) is 4.74 Å². The number of nitro groups is 1. The monoisotopic (exact) mass is 281 g/mol. The van der Waals surface area contributed by atoms with Crippen LogP contribution in [0.5, 0.6) is 5.75 Å². The second-order valence-electron chi connectivity index (χ2n) is 3.19. The number of nitrogens with zero attached hydrogens (tertiary/aromatic N) is 1. The van der Waals surface area contributed by atoms with Crippen molar-refractivity contribution >= 4 is 11.7 Å². The predicted octanol–water partition coefficient (Wildman–Crippen LogP) is 1.45. The summed E-state index contributed by atoms with van der Waals surface area (Å²) >= 11 is 0. The maximum Gasteiger partial charge on any atom is 0.387 e. The maximum atomic E-state index is 13.4. The van der Waals surface area contributed by atoms with Gasteiger partial charge in [0.2, 0.25) is 5.75 Å². The van der Waals surface area contributed by atoms with Gasteiger partial charge in [0.05, 0.1) is 10.5 Å². The number of aliphatic hydroxyl groups is 1. The lowest BCUT2D eigenvalue weighted by Crippen LogP contribution is -2.16. The highest BCUT2D eigenvalue weighted by atomic mass is 19.3. The summed E-state index contributed by atoms with van der Waals surface area (Å²) in [7, 11) is 0. The normalized spacial score (nSPS) is 12.3. The van der Waals surface area contributed by atoms with Gasteiger partial charge in [0, 0.05) is 6.07 Å². The SMILES string of the molecule is O=C(O)C(O)c1c(F)ccc([N+](=O)[O-])c1OC(F)F. The first-order valence-corrected chi connectivity index (χ1v) is 4.58. The molecule has 1 atom stereocenters. The van der Waals surface area contributed by atoms with Gasteiger partial charge in [-0.15, -0.1) is 0 Å². The van der Waals surface area contributed by atoms with Crippen LogP contribution in [0.25, 0.3) is 0 Å². The third kappa shape index (κ3) is 3.10. The van der Waals surface area contributed by atoms with E-state index in [1.165, 1.54) is 0 Å². The molecule has 0 amide bonds. The van der Waals surface area contributed by atoms with Gasteiger partial charge in [-0.2, -0.15) is 8.78 Å². The molecule has 2 N–H and O–H groups in total. The van der Waals surface area contributed by atoms with Crippen LogP contribution in [0.1, 0.15) is 11.7 Å². The van der Waals surface area contributed by atoms with Crippen LogP contribution >= 0.6 is 0 Å². The molecule has 10 heteroatoms. The van der Waals surface area contributed by atoms with Gasteiger partial charge >= 0.3 is 18.3 Å². The smallest absolute Gasteiger partial charge is 0.387 e. The number of carboxylic acids is 1. The number of halogens is 3. The molecule has 0 fully saturated rings. The summed E-state index contributed by atoms with van der Waals surface area (Å²) in [5.74, 6) is -4.72. The third-order valence-electron chi connectivity index (χ3n) is 2.03. The summed E-state index contributed by atoms with van der Waals surface area (Å²) in [6.45, 7) is -3.56. The largest absolute Gasteiger partial charge is 0.479 e. The Morgan fingerprint density at radius 1 is 1.42 bits per heavy atom. The first kappa shape index (κ1) is 14.7. The fraction of sp³-hybridized carbons (Fsp3) is 0.222. The Labute approximate surface area is 103 Å². The van der Waals surface area contributed by atoms with Crippen molar-refractivity contribution in [3.05, 3.63) is 33.6 Å². The lowest BCUT2D eigenvalue weighted by molar-refractivity contribution is -0.386. The molecule has 1 rings (SSSR count). The maximum absolute atomic E-state index is 13.4. The van der Waals surface area contributed by atoms with Crippen LogP contribution in [0.3, 0.4) is 0 Å². The molecule has 0 aliphatic carbocycles. The molecule has 0 heterocycles. The second kappa shape index (κ2) is 5.52. The van der Waals surface area contributed by atoms with E-state index in [9.17, 15) is 33.2 Å². The number of aliphatic hydroxyl groups excluding tert-OH is 1. The average molecular weight is 281 g/mol. The molecule has 1 aromatic carbocycles. The van der Waals surface area contributed by atoms with Crippen LogP contribution in [0.15, 0.2) is 12.1 Å². The van der Waals surface area contributed by atoms with Crippen molar-refractivity contribution in [3.8, 4) is 5.75 Å². The summed E-state index contributed by atoms with van der Waals surface area (Å²) in [4.78, 5) is 20.0. The van der Waals surface area contributed by atoms with Crippen molar-refractivity contribution in [1.29, 1.82) is 0 Å². The second-order valence-corrected chi connectivity index (χ2v) is 3.19. The number of hydrogen-bond acceptors (Lipinski definition) is 5. The van der Waals surface area contributed by atoms with Crippen molar-refractivity contribution < 1.29 is 37.8 Å². The van der Waals surface area contributed by atoms with Crippen LogP contribution in [0.4, 0.5) is 18.9 Å². The van der Waals surface area contributed by atoms with Gasteiger partial charge in [0.25, 0.3) is 0 Å². The van der Waals surface area contributed by atoms with Gasteiger partial charge < -0.3 is 14.9 Å². The highest BCUT2D eigenvalue weighted by Crippen LogP contribution is 2.37. The molecule has 19 heavy (non-hydrogen) atoms. The molecule has 0 radical (unpaired) electrons. The fourth-order valence-electron chi connectivity index (χ4n) is 1.30. The number of ether oxygens (including phenoxy) is 1.